The molecule has 0 aliphatic carbocycles. The summed E-state index contributed by atoms with van der Waals surface area (Å²) in [5.41, 5.74) is 0.819. The number of anilines is 1. The predicted molar refractivity (Wildman–Crippen MR) is 144 cm³/mol. The van der Waals surface area contributed by atoms with Crippen molar-refractivity contribution >= 4 is 76.0 Å². The van der Waals surface area contributed by atoms with Gasteiger partial charge in [-0.3, -0.25) is 14.9 Å². The maximum absolute atomic E-state index is 13.3. The van der Waals surface area contributed by atoms with Gasteiger partial charge in [0.1, 0.15) is 23.7 Å². The van der Waals surface area contributed by atoms with Crippen molar-refractivity contribution in [2.45, 2.75) is 13.5 Å². The quantitative estimate of drug-likeness (QED) is 0.242. The highest BCUT2D eigenvalue weighted by Gasteiger charge is 2.37. The van der Waals surface area contributed by atoms with Crippen LogP contribution in [0.4, 0.5) is 10.5 Å². The van der Waals surface area contributed by atoms with Gasteiger partial charge < -0.3 is 9.47 Å². The Kier molecular flexibility index (Phi) is 8.29. The first-order valence-electron chi connectivity index (χ1n) is 10.9. The van der Waals surface area contributed by atoms with Gasteiger partial charge in [0.05, 0.1) is 17.3 Å². The minimum Gasteiger partial charge on any atom is -0.494 e. The Morgan fingerprint density at radius 3 is 2.24 bits per heavy atom. The van der Waals surface area contributed by atoms with Crippen LogP contribution in [0.5, 0.6) is 11.5 Å². The molecule has 1 saturated heterocycles. The number of benzene rings is 3. The van der Waals surface area contributed by atoms with Crippen LogP contribution < -0.4 is 19.7 Å². The Bertz CT molecular complexity index is 1420. The summed E-state index contributed by atoms with van der Waals surface area (Å²) in [5.74, 6) is -0.977. The average molecular weight is 580 g/mol. The van der Waals surface area contributed by atoms with Crippen molar-refractivity contribution in [3.05, 3.63) is 91.4 Å². The standard InChI is InChI=1S/C26H18Cl4N2O5/c1-2-36-19-7-5-18(6-8-19)32-25(34)20(24(33)31-26(32)35)10-15-9-17(28)12-22(30)23(15)37-13-14-3-4-16(27)11-21(14)29/h3-12H,2,13H2,1H3,(H,31,33,35)/b20-10+. The molecule has 3 aromatic rings. The molecule has 0 unspecified atom stereocenters. The molecule has 0 radical (unpaired) electrons. The molecular formula is C26H18Cl4N2O5. The number of urea groups is 1. The van der Waals surface area contributed by atoms with Gasteiger partial charge in [0, 0.05) is 26.2 Å². The van der Waals surface area contributed by atoms with E-state index in [-0.39, 0.29) is 39.2 Å². The Hall–Kier alpha value is -3.23. The van der Waals surface area contributed by atoms with Crippen molar-refractivity contribution in [3.8, 4) is 11.5 Å². The molecule has 1 heterocycles. The van der Waals surface area contributed by atoms with E-state index in [1.165, 1.54) is 30.3 Å². The lowest BCUT2D eigenvalue weighted by Gasteiger charge is -2.26. The summed E-state index contributed by atoms with van der Waals surface area (Å²) in [7, 11) is 0. The van der Waals surface area contributed by atoms with Gasteiger partial charge >= 0.3 is 6.03 Å². The molecule has 3 aromatic carbocycles. The average Bonchev–Trinajstić information content (AvgIpc) is 2.83. The summed E-state index contributed by atoms with van der Waals surface area (Å²) in [6.07, 6.45) is 1.27. The summed E-state index contributed by atoms with van der Waals surface area (Å²) in [5, 5.41) is 3.43. The zero-order valence-electron chi connectivity index (χ0n) is 19.2. The van der Waals surface area contributed by atoms with Crippen LogP contribution in [0.25, 0.3) is 6.08 Å². The molecule has 0 spiro atoms. The summed E-state index contributed by atoms with van der Waals surface area (Å²) < 4.78 is 11.3. The predicted octanol–water partition coefficient (Wildman–Crippen LogP) is 6.94. The molecule has 190 valence electrons. The first-order chi connectivity index (χ1) is 17.7. The second kappa shape index (κ2) is 11.4. The molecule has 4 rings (SSSR count). The number of nitrogens with zero attached hydrogens (tertiary/aromatic N) is 1. The second-order valence-corrected chi connectivity index (χ2v) is 9.40. The molecule has 0 bridgehead atoms. The molecule has 1 aliphatic heterocycles. The zero-order chi connectivity index (χ0) is 26.7. The topological polar surface area (TPSA) is 84.9 Å². The number of nitrogens with one attached hydrogen (secondary N) is 1. The molecule has 0 aromatic heterocycles. The van der Waals surface area contributed by atoms with E-state index >= 15 is 0 Å². The minimum atomic E-state index is -0.880. The fraction of sp³-hybridized carbons (Fsp3) is 0.115. The van der Waals surface area contributed by atoms with Crippen LogP contribution in [0.1, 0.15) is 18.1 Å². The lowest BCUT2D eigenvalue weighted by Crippen LogP contribution is -2.54. The molecule has 11 heteroatoms. The third kappa shape index (κ3) is 6.02. The highest BCUT2D eigenvalue weighted by Crippen LogP contribution is 2.36. The van der Waals surface area contributed by atoms with Crippen molar-refractivity contribution in [3.63, 3.8) is 0 Å². The third-order valence-corrected chi connectivity index (χ3v) is 6.32. The summed E-state index contributed by atoms with van der Waals surface area (Å²) >= 11 is 24.8. The smallest absolute Gasteiger partial charge is 0.335 e. The van der Waals surface area contributed by atoms with Crippen LogP contribution in [0.3, 0.4) is 0 Å². The van der Waals surface area contributed by atoms with Gasteiger partial charge in [-0.15, -0.1) is 0 Å². The van der Waals surface area contributed by atoms with Crippen LogP contribution in [0, 0.1) is 0 Å². The number of carbonyl (C=O) groups excluding carboxylic acids is 3. The van der Waals surface area contributed by atoms with Crippen LogP contribution in [0.15, 0.2) is 60.2 Å². The fourth-order valence-corrected chi connectivity index (χ4v) is 4.56. The van der Waals surface area contributed by atoms with Gasteiger partial charge in [-0.05, 0) is 61.5 Å². The maximum atomic E-state index is 13.3. The highest BCUT2D eigenvalue weighted by molar-refractivity contribution is 6.40. The zero-order valence-corrected chi connectivity index (χ0v) is 22.2. The molecule has 0 saturated carbocycles. The van der Waals surface area contributed by atoms with Crippen LogP contribution in [-0.2, 0) is 16.2 Å². The van der Waals surface area contributed by atoms with E-state index in [1.807, 2.05) is 6.92 Å². The fourth-order valence-electron chi connectivity index (χ4n) is 3.53. The molecule has 4 amide bonds. The largest absolute Gasteiger partial charge is 0.494 e. The molecule has 1 N–H and O–H groups in total. The first-order valence-corrected chi connectivity index (χ1v) is 12.4. The maximum Gasteiger partial charge on any atom is 0.335 e. The SMILES string of the molecule is CCOc1ccc(N2C(=O)NC(=O)/C(=C\c3cc(Cl)cc(Cl)c3OCc3ccc(Cl)cc3Cl)C2=O)cc1. The first kappa shape index (κ1) is 26.8. The van der Waals surface area contributed by atoms with Crippen LogP contribution in [-0.4, -0.2) is 24.5 Å². The monoisotopic (exact) mass is 578 g/mol. The number of amides is 4. The van der Waals surface area contributed by atoms with E-state index in [9.17, 15) is 14.4 Å². The summed E-state index contributed by atoms with van der Waals surface area (Å²) in [4.78, 5) is 39.4. The number of carbonyl (C=O) groups is 3. The molecule has 0 atom stereocenters. The number of halogens is 4. The second-order valence-electron chi connectivity index (χ2n) is 7.72. The van der Waals surface area contributed by atoms with E-state index in [0.29, 0.717) is 28.0 Å². The van der Waals surface area contributed by atoms with Gasteiger partial charge in [0.15, 0.2) is 0 Å². The van der Waals surface area contributed by atoms with Gasteiger partial charge in [0.2, 0.25) is 0 Å². The van der Waals surface area contributed by atoms with Crippen molar-refractivity contribution in [2.75, 3.05) is 11.5 Å². The Morgan fingerprint density at radius 1 is 0.865 bits per heavy atom. The van der Waals surface area contributed by atoms with Gasteiger partial charge in [-0.1, -0.05) is 52.5 Å². The van der Waals surface area contributed by atoms with Crippen molar-refractivity contribution in [2.24, 2.45) is 0 Å². The van der Waals surface area contributed by atoms with E-state index in [4.69, 9.17) is 55.9 Å². The Morgan fingerprint density at radius 2 is 1.57 bits per heavy atom. The van der Waals surface area contributed by atoms with E-state index in [1.54, 1.807) is 30.3 Å². The highest BCUT2D eigenvalue weighted by atomic mass is 35.5. The molecule has 37 heavy (non-hydrogen) atoms. The van der Waals surface area contributed by atoms with Crippen molar-refractivity contribution < 1.29 is 23.9 Å². The van der Waals surface area contributed by atoms with E-state index in [0.717, 1.165) is 4.90 Å². The number of rotatable bonds is 7. The van der Waals surface area contributed by atoms with Gasteiger partial charge in [-0.25, -0.2) is 9.69 Å². The number of ether oxygens (including phenoxy) is 2. The third-order valence-electron chi connectivity index (χ3n) is 5.23. The summed E-state index contributed by atoms with van der Waals surface area (Å²) in [6.45, 7) is 2.31. The van der Waals surface area contributed by atoms with E-state index < -0.39 is 17.8 Å². The molecular weight excluding hydrogens is 562 g/mol. The normalized spacial score (nSPS) is 14.7. The Balaban J connectivity index is 1.68. The molecule has 7 nitrogen and oxygen atoms in total. The lowest BCUT2D eigenvalue weighted by molar-refractivity contribution is -0.122. The van der Waals surface area contributed by atoms with Gasteiger partial charge in [-0.2, -0.15) is 0 Å². The van der Waals surface area contributed by atoms with E-state index in [2.05, 4.69) is 5.32 Å². The molecule has 1 fully saturated rings. The van der Waals surface area contributed by atoms with Gasteiger partial charge in [0.25, 0.3) is 11.8 Å². The number of barbiturate groups is 1. The van der Waals surface area contributed by atoms with Crippen molar-refractivity contribution in [1.29, 1.82) is 0 Å². The molecule has 1 aliphatic rings. The van der Waals surface area contributed by atoms with Crippen molar-refractivity contribution in [1.82, 2.24) is 5.32 Å². The number of hydrogen-bond donors (Lipinski definition) is 1. The number of imide groups is 2. The van der Waals surface area contributed by atoms with Crippen LogP contribution in [0.2, 0.25) is 20.1 Å². The number of hydrogen-bond acceptors (Lipinski definition) is 5. The Labute approximate surface area is 232 Å². The summed E-state index contributed by atoms with van der Waals surface area (Å²) in [6, 6.07) is 13.3. The van der Waals surface area contributed by atoms with Crippen LogP contribution >= 0.6 is 46.4 Å². The lowest BCUT2D eigenvalue weighted by atomic mass is 10.1. The minimum absolute atomic E-state index is 0.0183.